The van der Waals surface area contributed by atoms with Gasteiger partial charge in [-0.15, -0.1) is 0 Å². The van der Waals surface area contributed by atoms with E-state index in [1.54, 1.807) is 43.3 Å². The number of Topliss-reactive ketones (excluding diaryl/α,β-unsaturated/α-hetero) is 1. The molecule has 6 heteroatoms. The highest BCUT2D eigenvalue weighted by atomic mass is 16.5. The molecule has 2 aromatic carbocycles. The molecule has 0 bridgehead atoms. The Balaban J connectivity index is 1.69. The molecule has 0 saturated carbocycles. The van der Waals surface area contributed by atoms with Crippen LogP contribution in [0.25, 0.3) is 0 Å². The van der Waals surface area contributed by atoms with Gasteiger partial charge in [0.15, 0.2) is 5.78 Å². The average molecular weight is 352 g/mol. The van der Waals surface area contributed by atoms with E-state index >= 15 is 0 Å². The minimum absolute atomic E-state index is 0.0966. The fraction of sp³-hybridized carbons (Fsp3) is 0.250. The Morgan fingerprint density at radius 2 is 1.73 bits per heavy atom. The smallest absolute Gasteiger partial charge is 0.325 e. The van der Waals surface area contributed by atoms with Crippen LogP contribution in [0.1, 0.15) is 29.8 Å². The first kappa shape index (κ1) is 17.7. The van der Waals surface area contributed by atoms with Crippen LogP contribution in [0.3, 0.4) is 0 Å². The lowest BCUT2D eigenvalue weighted by Crippen LogP contribution is -2.41. The number of hydrogen-bond acceptors (Lipinski definition) is 4. The second kappa shape index (κ2) is 7.00. The van der Waals surface area contributed by atoms with Crippen LogP contribution < -0.4 is 10.1 Å². The molecule has 134 valence electrons. The number of carbonyl (C=O) groups excluding carboxylic acids is 3. The van der Waals surface area contributed by atoms with Gasteiger partial charge in [0, 0.05) is 0 Å². The summed E-state index contributed by atoms with van der Waals surface area (Å²) in [5.41, 5.74) is 0.109. The van der Waals surface area contributed by atoms with E-state index in [4.69, 9.17) is 4.74 Å². The van der Waals surface area contributed by atoms with E-state index < -0.39 is 11.6 Å². The molecule has 1 N–H and O–H groups in total. The first-order chi connectivity index (χ1) is 12.4. The van der Waals surface area contributed by atoms with Crippen molar-refractivity contribution in [2.24, 2.45) is 0 Å². The zero-order chi connectivity index (χ0) is 18.7. The minimum atomic E-state index is -1.09. The Bertz CT molecular complexity index is 850. The molecule has 1 heterocycles. The van der Waals surface area contributed by atoms with Crippen LogP contribution in [-0.4, -0.2) is 35.8 Å². The number of nitrogens with zero attached hydrogens (tertiary/aromatic N) is 1. The largest absolute Gasteiger partial charge is 0.491 e. The SMILES string of the molecule is CC(=O)c1ccccc1OCCN1C(=O)NC(C)(c2ccccc2)C1=O. The third-order valence-corrected chi connectivity index (χ3v) is 4.46. The van der Waals surface area contributed by atoms with Gasteiger partial charge in [-0.1, -0.05) is 42.5 Å². The fourth-order valence-electron chi connectivity index (χ4n) is 3.00. The topological polar surface area (TPSA) is 75.7 Å². The first-order valence-electron chi connectivity index (χ1n) is 8.36. The van der Waals surface area contributed by atoms with Crippen LogP contribution in [0.5, 0.6) is 5.75 Å². The van der Waals surface area contributed by atoms with Gasteiger partial charge in [-0.25, -0.2) is 4.79 Å². The predicted molar refractivity (Wildman–Crippen MR) is 96.0 cm³/mol. The number of ketones is 1. The highest BCUT2D eigenvalue weighted by Gasteiger charge is 2.48. The van der Waals surface area contributed by atoms with Crippen molar-refractivity contribution in [1.82, 2.24) is 10.2 Å². The molecule has 1 atom stereocenters. The van der Waals surface area contributed by atoms with Gasteiger partial charge in [0.05, 0.1) is 12.1 Å². The zero-order valence-corrected chi connectivity index (χ0v) is 14.7. The quantitative estimate of drug-likeness (QED) is 0.641. The van der Waals surface area contributed by atoms with Gasteiger partial charge in [-0.2, -0.15) is 0 Å². The van der Waals surface area contributed by atoms with Crippen molar-refractivity contribution >= 4 is 17.7 Å². The lowest BCUT2D eigenvalue weighted by molar-refractivity contribution is -0.131. The number of rotatable bonds is 6. The van der Waals surface area contributed by atoms with Gasteiger partial charge in [-0.05, 0) is 31.5 Å². The lowest BCUT2D eigenvalue weighted by Gasteiger charge is -2.22. The second-order valence-corrected chi connectivity index (χ2v) is 6.28. The molecule has 6 nitrogen and oxygen atoms in total. The van der Waals surface area contributed by atoms with E-state index in [-0.39, 0.29) is 24.8 Å². The Morgan fingerprint density at radius 3 is 2.42 bits per heavy atom. The second-order valence-electron chi connectivity index (χ2n) is 6.28. The monoisotopic (exact) mass is 352 g/mol. The predicted octanol–water partition coefficient (Wildman–Crippen LogP) is 2.74. The maximum atomic E-state index is 12.8. The van der Waals surface area contributed by atoms with Crippen molar-refractivity contribution in [3.8, 4) is 5.75 Å². The average Bonchev–Trinajstić information content (AvgIpc) is 2.86. The number of para-hydroxylation sites is 1. The van der Waals surface area contributed by atoms with Crippen molar-refractivity contribution in [1.29, 1.82) is 0 Å². The van der Waals surface area contributed by atoms with E-state index in [1.165, 1.54) is 6.92 Å². The molecule has 1 unspecified atom stereocenters. The molecular formula is C20H20N2O4. The van der Waals surface area contributed by atoms with Gasteiger partial charge in [0.2, 0.25) is 0 Å². The molecule has 3 amide bonds. The van der Waals surface area contributed by atoms with Crippen molar-refractivity contribution in [2.75, 3.05) is 13.2 Å². The molecule has 0 aliphatic carbocycles. The summed E-state index contributed by atoms with van der Waals surface area (Å²) in [5, 5.41) is 2.75. The summed E-state index contributed by atoms with van der Waals surface area (Å²) in [6.07, 6.45) is 0. The zero-order valence-electron chi connectivity index (χ0n) is 14.7. The summed E-state index contributed by atoms with van der Waals surface area (Å²) < 4.78 is 5.64. The number of nitrogens with one attached hydrogen (secondary N) is 1. The van der Waals surface area contributed by atoms with E-state index in [0.29, 0.717) is 11.3 Å². The molecule has 0 spiro atoms. The summed E-state index contributed by atoms with van der Waals surface area (Å²) in [5.74, 6) is 0.0160. The number of ether oxygens (including phenoxy) is 1. The van der Waals surface area contributed by atoms with Crippen LogP contribution >= 0.6 is 0 Å². The molecule has 26 heavy (non-hydrogen) atoms. The van der Waals surface area contributed by atoms with Gasteiger partial charge in [0.25, 0.3) is 5.91 Å². The molecule has 1 fully saturated rings. The molecule has 1 aliphatic rings. The van der Waals surface area contributed by atoms with E-state index in [9.17, 15) is 14.4 Å². The normalized spacial score (nSPS) is 19.4. The molecule has 0 aromatic heterocycles. The van der Waals surface area contributed by atoms with Gasteiger partial charge in [-0.3, -0.25) is 14.5 Å². The van der Waals surface area contributed by atoms with E-state index in [1.807, 2.05) is 18.2 Å². The fourth-order valence-corrected chi connectivity index (χ4v) is 3.00. The first-order valence-corrected chi connectivity index (χ1v) is 8.36. The van der Waals surface area contributed by atoms with Gasteiger partial charge >= 0.3 is 6.03 Å². The number of benzene rings is 2. The van der Waals surface area contributed by atoms with E-state index in [2.05, 4.69) is 5.32 Å². The number of hydrogen-bond donors (Lipinski definition) is 1. The number of imide groups is 1. The van der Waals surface area contributed by atoms with Gasteiger partial charge < -0.3 is 10.1 Å². The Labute approximate surface area is 151 Å². The summed E-state index contributed by atoms with van der Waals surface area (Å²) in [7, 11) is 0. The molecule has 3 rings (SSSR count). The third-order valence-electron chi connectivity index (χ3n) is 4.46. The molecule has 1 saturated heterocycles. The highest BCUT2D eigenvalue weighted by molar-refractivity contribution is 6.07. The van der Waals surface area contributed by atoms with Crippen molar-refractivity contribution in [2.45, 2.75) is 19.4 Å². The number of urea groups is 1. The lowest BCUT2D eigenvalue weighted by atomic mass is 9.92. The van der Waals surface area contributed by atoms with Crippen LogP contribution in [0, 0.1) is 0 Å². The molecular weight excluding hydrogens is 332 g/mol. The van der Waals surface area contributed by atoms with Crippen LogP contribution in [-0.2, 0) is 10.3 Å². The van der Waals surface area contributed by atoms with Crippen molar-refractivity contribution in [3.63, 3.8) is 0 Å². The molecule has 2 aromatic rings. The summed E-state index contributed by atoms with van der Waals surface area (Å²) in [6.45, 7) is 3.35. The van der Waals surface area contributed by atoms with Crippen LogP contribution in [0.2, 0.25) is 0 Å². The minimum Gasteiger partial charge on any atom is -0.491 e. The number of amides is 3. The number of carbonyl (C=O) groups is 3. The van der Waals surface area contributed by atoms with Crippen molar-refractivity contribution < 1.29 is 19.1 Å². The maximum absolute atomic E-state index is 12.8. The summed E-state index contributed by atoms with van der Waals surface area (Å²) >= 11 is 0. The van der Waals surface area contributed by atoms with Gasteiger partial charge in [0.1, 0.15) is 17.9 Å². The van der Waals surface area contributed by atoms with Crippen LogP contribution in [0.4, 0.5) is 4.79 Å². The Hall–Kier alpha value is -3.15. The highest BCUT2D eigenvalue weighted by Crippen LogP contribution is 2.28. The van der Waals surface area contributed by atoms with Crippen LogP contribution in [0.15, 0.2) is 54.6 Å². The third kappa shape index (κ3) is 3.18. The summed E-state index contributed by atoms with van der Waals surface area (Å²) in [4.78, 5) is 37.8. The Morgan fingerprint density at radius 1 is 1.08 bits per heavy atom. The maximum Gasteiger partial charge on any atom is 0.325 e. The standard InChI is InChI=1S/C20H20N2O4/c1-14(23)16-10-6-7-11-17(16)26-13-12-22-18(24)20(2,21-19(22)25)15-8-4-3-5-9-15/h3-11H,12-13H2,1-2H3,(H,21,25). The van der Waals surface area contributed by atoms with E-state index in [0.717, 1.165) is 10.5 Å². The Kier molecular flexibility index (Phi) is 4.75. The molecule has 0 radical (unpaired) electrons. The van der Waals surface area contributed by atoms with Crippen molar-refractivity contribution in [3.05, 3.63) is 65.7 Å². The molecule has 1 aliphatic heterocycles. The summed E-state index contributed by atoms with van der Waals surface area (Å²) in [6, 6.07) is 15.6.